The molecule has 11 heteroatoms. The number of piperidine rings is 1. The Kier molecular flexibility index (Phi) is 6.11. The summed E-state index contributed by atoms with van der Waals surface area (Å²) in [4.78, 5) is 37.7. The van der Waals surface area contributed by atoms with E-state index in [2.05, 4.69) is 9.88 Å². The van der Waals surface area contributed by atoms with E-state index in [0.29, 0.717) is 40.9 Å². The van der Waals surface area contributed by atoms with Gasteiger partial charge in [-0.3, -0.25) is 13.9 Å². The fourth-order valence-electron chi connectivity index (χ4n) is 5.33. The van der Waals surface area contributed by atoms with Crippen molar-refractivity contribution in [2.24, 2.45) is 12.8 Å². The lowest BCUT2D eigenvalue weighted by Gasteiger charge is -2.31. The molecule has 2 aliphatic heterocycles. The third kappa shape index (κ3) is 4.43. The van der Waals surface area contributed by atoms with Gasteiger partial charge in [0.15, 0.2) is 11.2 Å². The Morgan fingerprint density at radius 2 is 1.97 bits per heavy atom. The summed E-state index contributed by atoms with van der Waals surface area (Å²) in [7, 11) is 1.60. The first-order chi connectivity index (χ1) is 18.6. The minimum absolute atomic E-state index is 0.0125. The van der Waals surface area contributed by atoms with Gasteiger partial charge in [0.1, 0.15) is 11.4 Å². The monoisotopic (exact) mass is 548 g/mol. The number of ether oxygens (including phenoxy) is 2. The van der Waals surface area contributed by atoms with Crippen molar-refractivity contribution < 1.29 is 14.3 Å². The Balaban J connectivity index is 1.45. The fourth-order valence-corrected chi connectivity index (χ4v) is 5.52. The Labute approximate surface area is 229 Å². The molecule has 0 radical (unpaired) electrons. The second-order valence-electron chi connectivity index (χ2n) is 10.6. The number of cyclic esters (lactones) is 1. The van der Waals surface area contributed by atoms with Crippen molar-refractivity contribution >= 4 is 34.7 Å². The van der Waals surface area contributed by atoms with Gasteiger partial charge in [-0.05, 0) is 50.5 Å². The highest BCUT2D eigenvalue weighted by Gasteiger charge is 2.38. The average Bonchev–Trinajstić information content (AvgIpc) is 3.36. The number of rotatable bonds is 5. The minimum Gasteiger partial charge on any atom is -0.451 e. The van der Waals surface area contributed by atoms with Crippen molar-refractivity contribution in [3.8, 4) is 11.8 Å². The Bertz CT molecular complexity index is 1680. The van der Waals surface area contributed by atoms with Crippen LogP contribution in [0.1, 0.15) is 48.2 Å². The number of esters is 1. The maximum Gasteiger partial charge on any atom is 0.339 e. The molecule has 2 aromatic carbocycles. The third-order valence-electron chi connectivity index (χ3n) is 7.37. The Morgan fingerprint density at radius 3 is 2.74 bits per heavy atom. The van der Waals surface area contributed by atoms with Gasteiger partial charge in [-0.15, -0.1) is 0 Å². The molecule has 4 heterocycles. The number of benzene rings is 2. The molecule has 0 spiro atoms. The highest BCUT2D eigenvalue weighted by atomic mass is 35.5. The molecule has 0 bridgehead atoms. The molecule has 1 saturated heterocycles. The van der Waals surface area contributed by atoms with E-state index in [0.717, 1.165) is 30.5 Å². The first kappa shape index (κ1) is 25.4. The van der Waals surface area contributed by atoms with E-state index in [1.165, 1.54) is 4.57 Å². The van der Waals surface area contributed by atoms with Crippen LogP contribution in [0.2, 0.25) is 5.02 Å². The van der Waals surface area contributed by atoms with Crippen LogP contribution in [0, 0.1) is 0 Å². The number of nitrogens with zero attached hydrogens (tertiary/aromatic N) is 5. The maximum absolute atomic E-state index is 13.8. The van der Waals surface area contributed by atoms with E-state index in [-0.39, 0.29) is 23.3 Å². The number of hydrogen-bond donors (Lipinski definition) is 1. The molecule has 0 saturated carbocycles. The van der Waals surface area contributed by atoms with Gasteiger partial charge < -0.3 is 20.1 Å². The molecule has 39 heavy (non-hydrogen) atoms. The molecule has 0 aliphatic carbocycles. The molecule has 4 aromatic rings. The van der Waals surface area contributed by atoms with Crippen LogP contribution in [0.3, 0.4) is 0 Å². The van der Waals surface area contributed by atoms with Gasteiger partial charge in [0.2, 0.25) is 5.95 Å². The third-order valence-corrected chi connectivity index (χ3v) is 7.74. The number of carbonyl (C=O) groups is 1. The molecule has 6 rings (SSSR count). The van der Waals surface area contributed by atoms with E-state index >= 15 is 0 Å². The summed E-state index contributed by atoms with van der Waals surface area (Å²) in [5.41, 5.74) is 7.92. The van der Waals surface area contributed by atoms with Crippen LogP contribution >= 0.6 is 11.6 Å². The highest BCUT2D eigenvalue weighted by Crippen LogP contribution is 2.38. The van der Waals surface area contributed by atoms with E-state index in [4.69, 9.17) is 31.8 Å². The highest BCUT2D eigenvalue weighted by molar-refractivity contribution is 6.31. The Morgan fingerprint density at radius 1 is 1.18 bits per heavy atom. The standard InChI is InChI=1S/C28H29ClN6O4/c1-28(2)20-11-10-18(13-19(20)25(37)39-28)38-27-32-23-22(24(36)33(27)3)35(14-16-7-4-5-9-21(16)29)26(31-23)34-12-6-8-17(30)15-34/h4-5,7,9-11,13,17H,6,8,12,14-15,30H2,1-3H3/t17-/m1/s1. The molecule has 202 valence electrons. The van der Waals surface area contributed by atoms with Gasteiger partial charge in [0.25, 0.3) is 5.56 Å². The van der Waals surface area contributed by atoms with Crippen molar-refractivity contribution in [3.05, 3.63) is 74.5 Å². The average molecular weight is 549 g/mol. The molecule has 10 nitrogen and oxygen atoms in total. The molecule has 0 amide bonds. The summed E-state index contributed by atoms with van der Waals surface area (Å²) in [6.07, 6.45) is 1.86. The molecule has 1 fully saturated rings. The SMILES string of the molecule is Cn1c(Oc2ccc3c(c2)C(=O)OC3(C)C)nc2nc(N3CCC[C@@H](N)C3)n(Cc3ccccc3Cl)c2c1=O. The lowest BCUT2D eigenvalue weighted by molar-refractivity contribution is 0.00953. The minimum atomic E-state index is -0.711. The number of carbonyl (C=O) groups excluding carboxylic acids is 1. The zero-order valence-corrected chi connectivity index (χ0v) is 22.7. The molecule has 2 aliphatic rings. The van der Waals surface area contributed by atoms with Crippen LogP contribution in [0.25, 0.3) is 11.2 Å². The predicted octanol–water partition coefficient (Wildman–Crippen LogP) is 3.96. The zero-order valence-electron chi connectivity index (χ0n) is 22.0. The largest absolute Gasteiger partial charge is 0.451 e. The second-order valence-corrected chi connectivity index (χ2v) is 11.0. The van der Waals surface area contributed by atoms with Gasteiger partial charge in [0.05, 0.1) is 12.1 Å². The molecule has 1 atom stereocenters. The van der Waals surface area contributed by atoms with Gasteiger partial charge >= 0.3 is 12.0 Å². The van der Waals surface area contributed by atoms with Crippen molar-refractivity contribution in [2.45, 2.75) is 44.9 Å². The number of imidazole rings is 1. The van der Waals surface area contributed by atoms with E-state index in [1.807, 2.05) is 42.7 Å². The predicted molar refractivity (Wildman–Crippen MR) is 148 cm³/mol. The first-order valence-electron chi connectivity index (χ1n) is 12.9. The quantitative estimate of drug-likeness (QED) is 0.372. The fraction of sp³-hybridized carbons (Fsp3) is 0.357. The van der Waals surface area contributed by atoms with Crippen LogP contribution in [-0.2, 0) is 23.9 Å². The summed E-state index contributed by atoms with van der Waals surface area (Å²) >= 11 is 6.49. The summed E-state index contributed by atoms with van der Waals surface area (Å²) in [5.74, 6) is 0.563. The maximum atomic E-state index is 13.8. The van der Waals surface area contributed by atoms with Crippen molar-refractivity contribution in [3.63, 3.8) is 0 Å². The smallest absolute Gasteiger partial charge is 0.339 e. The second kappa shape index (κ2) is 9.39. The van der Waals surface area contributed by atoms with E-state index < -0.39 is 11.6 Å². The number of halogens is 1. The molecular weight excluding hydrogens is 520 g/mol. The number of anilines is 1. The van der Waals surface area contributed by atoms with Crippen LogP contribution in [0.15, 0.2) is 47.3 Å². The summed E-state index contributed by atoms with van der Waals surface area (Å²) in [6.45, 7) is 5.41. The van der Waals surface area contributed by atoms with Crippen LogP contribution in [-0.4, -0.2) is 44.2 Å². The first-order valence-corrected chi connectivity index (χ1v) is 13.3. The van der Waals surface area contributed by atoms with Crippen LogP contribution in [0.5, 0.6) is 11.8 Å². The van der Waals surface area contributed by atoms with Crippen molar-refractivity contribution in [1.29, 1.82) is 0 Å². The summed E-state index contributed by atoms with van der Waals surface area (Å²) in [5, 5.41) is 0.601. The zero-order chi connectivity index (χ0) is 27.5. The van der Waals surface area contributed by atoms with Crippen LogP contribution in [0.4, 0.5) is 5.95 Å². The van der Waals surface area contributed by atoms with Gasteiger partial charge in [-0.1, -0.05) is 35.9 Å². The molecule has 2 aromatic heterocycles. The molecular formula is C28H29ClN6O4. The molecule has 2 N–H and O–H groups in total. The topological polar surface area (TPSA) is 118 Å². The number of aromatic nitrogens is 4. The Hall–Kier alpha value is -3.89. The van der Waals surface area contributed by atoms with Gasteiger partial charge in [0, 0.05) is 36.8 Å². The van der Waals surface area contributed by atoms with Crippen molar-refractivity contribution in [1.82, 2.24) is 19.1 Å². The van der Waals surface area contributed by atoms with Crippen LogP contribution < -0.4 is 20.9 Å². The summed E-state index contributed by atoms with van der Waals surface area (Å²) < 4.78 is 14.7. The number of nitrogens with two attached hydrogens (primary N) is 1. The molecule has 0 unspecified atom stereocenters. The summed E-state index contributed by atoms with van der Waals surface area (Å²) in [6, 6.07) is 12.7. The van der Waals surface area contributed by atoms with Gasteiger partial charge in [-0.25, -0.2) is 4.79 Å². The van der Waals surface area contributed by atoms with E-state index in [9.17, 15) is 9.59 Å². The normalized spacial score (nSPS) is 18.3. The number of hydrogen-bond acceptors (Lipinski definition) is 8. The van der Waals surface area contributed by atoms with Gasteiger partial charge in [-0.2, -0.15) is 9.97 Å². The van der Waals surface area contributed by atoms with E-state index in [1.54, 1.807) is 25.2 Å². The lowest BCUT2D eigenvalue weighted by atomic mass is 9.96. The number of fused-ring (bicyclic) bond motifs is 2. The van der Waals surface area contributed by atoms with Crippen molar-refractivity contribution in [2.75, 3.05) is 18.0 Å². The lowest BCUT2D eigenvalue weighted by Crippen LogP contribution is -2.44.